The monoisotopic (exact) mass is 238 g/mol. The molecule has 1 aromatic rings. The molecule has 0 fully saturated rings. The third-order valence-electron chi connectivity index (χ3n) is 2.42. The summed E-state index contributed by atoms with van der Waals surface area (Å²) in [5.74, 6) is 0.655. The molecular weight excluding hydrogens is 220 g/mol. The van der Waals surface area contributed by atoms with Crippen molar-refractivity contribution in [1.82, 2.24) is 4.90 Å². The van der Waals surface area contributed by atoms with E-state index in [1.165, 1.54) is 0 Å². The number of rotatable bonds is 5. The van der Waals surface area contributed by atoms with Crippen LogP contribution in [0.5, 0.6) is 0 Å². The fourth-order valence-corrected chi connectivity index (χ4v) is 1.99. The number of nitrogens with two attached hydrogens (primary N) is 1. The molecule has 3 nitrogen and oxygen atoms in total. The van der Waals surface area contributed by atoms with Gasteiger partial charge < -0.3 is 10.6 Å². The van der Waals surface area contributed by atoms with Gasteiger partial charge in [-0.15, -0.1) is 11.8 Å². The Morgan fingerprint density at radius 2 is 2.00 bits per heavy atom. The third kappa shape index (κ3) is 3.87. The molecule has 0 saturated heterocycles. The minimum Gasteiger partial charge on any atom is -0.345 e. The topological polar surface area (TPSA) is 46.3 Å². The van der Waals surface area contributed by atoms with E-state index < -0.39 is 0 Å². The van der Waals surface area contributed by atoms with E-state index in [0.717, 1.165) is 17.0 Å². The minimum atomic E-state index is 0.162. The predicted octanol–water partition coefficient (Wildman–Crippen LogP) is 1.72. The minimum absolute atomic E-state index is 0.162. The quantitative estimate of drug-likeness (QED) is 0.794. The lowest BCUT2D eigenvalue weighted by atomic mass is 10.2. The van der Waals surface area contributed by atoms with E-state index in [1.54, 1.807) is 16.7 Å². The highest BCUT2D eigenvalue weighted by molar-refractivity contribution is 8.00. The first kappa shape index (κ1) is 13.1. The second-order valence-corrected chi connectivity index (χ2v) is 4.59. The zero-order valence-electron chi connectivity index (χ0n) is 9.77. The normalized spacial score (nSPS) is 10.2. The van der Waals surface area contributed by atoms with Crippen molar-refractivity contribution in [2.75, 3.05) is 19.3 Å². The Morgan fingerprint density at radius 1 is 1.38 bits per heavy atom. The average Bonchev–Trinajstić information content (AvgIpc) is 2.35. The summed E-state index contributed by atoms with van der Waals surface area (Å²) in [7, 11) is 1.82. The molecule has 0 unspecified atom stereocenters. The van der Waals surface area contributed by atoms with Crippen LogP contribution in [0.3, 0.4) is 0 Å². The lowest BCUT2D eigenvalue weighted by Gasteiger charge is -2.13. The molecule has 88 valence electrons. The highest BCUT2D eigenvalue weighted by atomic mass is 32.2. The van der Waals surface area contributed by atoms with Gasteiger partial charge in [-0.3, -0.25) is 4.79 Å². The van der Waals surface area contributed by atoms with Crippen molar-refractivity contribution in [3.8, 4) is 0 Å². The van der Waals surface area contributed by atoms with Crippen molar-refractivity contribution in [1.29, 1.82) is 0 Å². The van der Waals surface area contributed by atoms with E-state index in [1.807, 2.05) is 38.2 Å². The van der Waals surface area contributed by atoms with Gasteiger partial charge in [-0.05, 0) is 24.6 Å². The van der Waals surface area contributed by atoms with Crippen molar-refractivity contribution >= 4 is 17.7 Å². The fourth-order valence-electron chi connectivity index (χ4n) is 1.15. The summed E-state index contributed by atoms with van der Waals surface area (Å²) >= 11 is 1.56. The molecule has 1 rings (SSSR count). The van der Waals surface area contributed by atoms with Gasteiger partial charge in [0.25, 0.3) is 0 Å². The van der Waals surface area contributed by atoms with Gasteiger partial charge in [-0.1, -0.05) is 12.1 Å². The van der Waals surface area contributed by atoms with Crippen LogP contribution < -0.4 is 5.73 Å². The number of thioether (sulfide) groups is 1. The second kappa shape index (κ2) is 6.55. The number of benzene rings is 1. The molecule has 0 heterocycles. The highest BCUT2D eigenvalue weighted by Crippen LogP contribution is 2.18. The molecule has 0 bridgehead atoms. The first-order chi connectivity index (χ1) is 7.67. The molecule has 0 aliphatic rings. The van der Waals surface area contributed by atoms with Crippen LogP contribution in [0.1, 0.15) is 12.5 Å². The van der Waals surface area contributed by atoms with Crippen LogP contribution in [0.4, 0.5) is 0 Å². The molecule has 2 N–H and O–H groups in total. The van der Waals surface area contributed by atoms with Gasteiger partial charge in [0.05, 0.1) is 5.75 Å². The van der Waals surface area contributed by atoms with E-state index in [0.29, 0.717) is 12.3 Å². The zero-order valence-corrected chi connectivity index (χ0v) is 10.6. The molecular formula is C12H18N2OS. The van der Waals surface area contributed by atoms with Crippen LogP contribution in [-0.4, -0.2) is 30.2 Å². The lowest BCUT2D eigenvalue weighted by Crippen LogP contribution is -2.27. The van der Waals surface area contributed by atoms with Gasteiger partial charge in [0.2, 0.25) is 5.91 Å². The van der Waals surface area contributed by atoms with Crippen LogP contribution in [0.25, 0.3) is 0 Å². The third-order valence-corrected chi connectivity index (χ3v) is 3.42. The van der Waals surface area contributed by atoms with E-state index >= 15 is 0 Å². The van der Waals surface area contributed by atoms with Crippen molar-refractivity contribution in [3.05, 3.63) is 29.8 Å². The molecule has 0 atom stereocenters. The number of hydrogen-bond donors (Lipinski definition) is 1. The maximum atomic E-state index is 11.6. The Labute approximate surface area is 101 Å². The zero-order chi connectivity index (χ0) is 12.0. The Hall–Kier alpha value is -1.00. The second-order valence-electron chi connectivity index (χ2n) is 3.54. The van der Waals surface area contributed by atoms with E-state index in [-0.39, 0.29) is 5.91 Å². The van der Waals surface area contributed by atoms with Crippen LogP contribution in [0.15, 0.2) is 29.2 Å². The van der Waals surface area contributed by atoms with Gasteiger partial charge in [-0.25, -0.2) is 0 Å². The Morgan fingerprint density at radius 3 is 2.50 bits per heavy atom. The van der Waals surface area contributed by atoms with Gasteiger partial charge in [-0.2, -0.15) is 0 Å². The molecule has 0 radical (unpaired) electrons. The van der Waals surface area contributed by atoms with E-state index in [9.17, 15) is 4.79 Å². The molecule has 1 amide bonds. The lowest BCUT2D eigenvalue weighted by molar-refractivity contribution is -0.126. The van der Waals surface area contributed by atoms with Gasteiger partial charge >= 0.3 is 0 Å². The highest BCUT2D eigenvalue weighted by Gasteiger charge is 2.06. The van der Waals surface area contributed by atoms with Gasteiger partial charge in [0.15, 0.2) is 0 Å². The predicted molar refractivity (Wildman–Crippen MR) is 68.4 cm³/mol. The summed E-state index contributed by atoms with van der Waals surface area (Å²) in [6.45, 7) is 3.28. The van der Waals surface area contributed by atoms with Crippen molar-refractivity contribution in [2.45, 2.75) is 18.4 Å². The first-order valence-corrected chi connectivity index (χ1v) is 6.31. The van der Waals surface area contributed by atoms with Crippen molar-refractivity contribution < 1.29 is 4.79 Å². The summed E-state index contributed by atoms with van der Waals surface area (Å²) in [5, 5.41) is 0. The van der Waals surface area contributed by atoms with Crippen LogP contribution >= 0.6 is 11.8 Å². The SMILES string of the molecule is CCN(C)C(=O)CSc1ccc(CN)cc1. The van der Waals surface area contributed by atoms with Crippen molar-refractivity contribution in [3.63, 3.8) is 0 Å². The summed E-state index contributed by atoms with van der Waals surface area (Å²) in [6.07, 6.45) is 0. The maximum absolute atomic E-state index is 11.6. The average molecular weight is 238 g/mol. The summed E-state index contributed by atoms with van der Waals surface area (Å²) in [6, 6.07) is 8.00. The maximum Gasteiger partial charge on any atom is 0.232 e. The Bertz CT molecular complexity index is 337. The largest absolute Gasteiger partial charge is 0.345 e. The summed E-state index contributed by atoms with van der Waals surface area (Å²) in [5.41, 5.74) is 6.62. The molecule has 0 aliphatic carbocycles. The number of nitrogens with zero attached hydrogens (tertiary/aromatic N) is 1. The van der Waals surface area contributed by atoms with E-state index in [2.05, 4.69) is 0 Å². The molecule has 16 heavy (non-hydrogen) atoms. The molecule has 0 aromatic heterocycles. The number of hydrogen-bond acceptors (Lipinski definition) is 3. The van der Waals surface area contributed by atoms with Crippen LogP contribution in [0, 0.1) is 0 Å². The summed E-state index contributed by atoms with van der Waals surface area (Å²) in [4.78, 5) is 14.4. The standard InChI is InChI=1S/C12H18N2OS/c1-3-14(2)12(15)9-16-11-6-4-10(8-13)5-7-11/h4-7H,3,8-9,13H2,1-2H3. The molecule has 0 spiro atoms. The molecule has 0 aliphatic heterocycles. The van der Waals surface area contributed by atoms with Crippen LogP contribution in [0.2, 0.25) is 0 Å². The smallest absolute Gasteiger partial charge is 0.232 e. The van der Waals surface area contributed by atoms with Crippen molar-refractivity contribution in [2.24, 2.45) is 5.73 Å². The molecule has 4 heteroatoms. The number of carbonyl (C=O) groups excluding carboxylic acids is 1. The van der Waals surface area contributed by atoms with Gasteiger partial charge in [0, 0.05) is 25.0 Å². The Kier molecular flexibility index (Phi) is 5.35. The molecule has 0 saturated carbocycles. The first-order valence-electron chi connectivity index (χ1n) is 5.33. The fraction of sp³-hybridized carbons (Fsp3) is 0.417. The van der Waals surface area contributed by atoms with Crippen LogP contribution in [-0.2, 0) is 11.3 Å². The molecule has 1 aromatic carbocycles. The van der Waals surface area contributed by atoms with E-state index in [4.69, 9.17) is 5.73 Å². The summed E-state index contributed by atoms with van der Waals surface area (Å²) < 4.78 is 0. The number of amides is 1. The van der Waals surface area contributed by atoms with Gasteiger partial charge in [0.1, 0.15) is 0 Å². The Balaban J connectivity index is 2.45. The number of carbonyl (C=O) groups is 1.